The van der Waals surface area contributed by atoms with E-state index in [9.17, 15) is 10.5 Å². The highest BCUT2D eigenvalue weighted by molar-refractivity contribution is 7.00. The maximum absolute atomic E-state index is 9.63. The van der Waals surface area contributed by atoms with Crippen LogP contribution in [0.5, 0.6) is 0 Å². The van der Waals surface area contributed by atoms with Crippen LogP contribution in [0.3, 0.4) is 0 Å². The number of pyridine rings is 1. The summed E-state index contributed by atoms with van der Waals surface area (Å²) in [6, 6.07) is 41.5. The van der Waals surface area contributed by atoms with Crippen molar-refractivity contribution in [3.05, 3.63) is 121 Å². The van der Waals surface area contributed by atoms with E-state index in [4.69, 9.17) is 0 Å². The topological polar surface area (TPSA) is 67.0 Å². The predicted octanol–water partition coefficient (Wildman–Crippen LogP) is 4.91. The van der Waals surface area contributed by atoms with Crippen molar-refractivity contribution < 1.29 is 0 Å². The standard InChI is InChI=1S/C31H18BN5/c33-19-21-17-24(18-22(20-34)35-21)37-28-14-7-5-12-26(28)32-25-11-4-6-13-27(25)36(23-9-2-1-3-10-23)29-15-8-16-30(37)31(29)32/h1-18H. The molecule has 0 bridgehead atoms. The Labute approximate surface area is 215 Å². The molecular formula is C31H18BN5. The number of para-hydroxylation sites is 3. The smallest absolute Gasteiger partial charge is 0.252 e. The molecule has 2 aliphatic rings. The number of nitriles is 2. The van der Waals surface area contributed by atoms with E-state index >= 15 is 0 Å². The predicted molar refractivity (Wildman–Crippen MR) is 148 cm³/mol. The van der Waals surface area contributed by atoms with Crippen molar-refractivity contribution in [3.63, 3.8) is 0 Å². The molecule has 1 aromatic heterocycles. The zero-order valence-corrected chi connectivity index (χ0v) is 19.7. The van der Waals surface area contributed by atoms with Crippen molar-refractivity contribution in [2.45, 2.75) is 0 Å². The Morgan fingerprint density at radius 3 is 1.59 bits per heavy atom. The molecule has 5 aromatic rings. The molecule has 4 aromatic carbocycles. The molecule has 0 unspecified atom stereocenters. The van der Waals surface area contributed by atoms with Gasteiger partial charge in [-0.25, -0.2) is 4.98 Å². The molecule has 170 valence electrons. The van der Waals surface area contributed by atoms with Crippen molar-refractivity contribution in [3.8, 4) is 12.1 Å². The molecule has 6 heteroatoms. The van der Waals surface area contributed by atoms with Crippen LogP contribution in [0.2, 0.25) is 0 Å². The number of hydrogen-bond donors (Lipinski definition) is 0. The number of aromatic nitrogens is 1. The lowest BCUT2D eigenvalue weighted by molar-refractivity contribution is 1.18. The molecular weight excluding hydrogens is 453 g/mol. The normalized spacial score (nSPS) is 12.6. The maximum Gasteiger partial charge on any atom is 0.252 e. The molecule has 37 heavy (non-hydrogen) atoms. The van der Waals surface area contributed by atoms with Crippen LogP contribution < -0.4 is 26.2 Å². The van der Waals surface area contributed by atoms with Gasteiger partial charge in [-0.1, -0.05) is 60.7 Å². The van der Waals surface area contributed by atoms with Gasteiger partial charge in [0.15, 0.2) is 0 Å². The minimum atomic E-state index is 0.0440. The largest absolute Gasteiger partial charge is 0.311 e. The Morgan fingerprint density at radius 1 is 0.541 bits per heavy atom. The van der Waals surface area contributed by atoms with E-state index in [1.165, 1.54) is 16.4 Å². The van der Waals surface area contributed by atoms with Gasteiger partial charge in [0.25, 0.3) is 6.71 Å². The lowest BCUT2D eigenvalue weighted by atomic mass is 9.33. The fourth-order valence-electron chi connectivity index (χ4n) is 5.73. The van der Waals surface area contributed by atoms with E-state index in [0.717, 1.165) is 34.1 Å². The summed E-state index contributed by atoms with van der Waals surface area (Å²) in [5.41, 5.74) is 10.2. The molecule has 0 amide bonds. The molecule has 0 radical (unpaired) electrons. The third-order valence-electron chi connectivity index (χ3n) is 7.12. The monoisotopic (exact) mass is 471 g/mol. The Balaban J connectivity index is 1.57. The first-order valence-electron chi connectivity index (χ1n) is 12.1. The van der Waals surface area contributed by atoms with Gasteiger partial charge in [0.2, 0.25) is 0 Å². The maximum atomic E-state index is 9.63. The summed E-state index contributed by atoms with van der Waals surface area (Å²) in [5, 5.41) is 19.3. The van der Waals surface area contributed by atoms with Crippen molar-refractivity contribution in [2.75, 3.05) is 9.80 Å². The van der Waals surface area contributed by atoms with Crippen molar-refractivity contribution in [1.82, 2.24) is 4.98 Å². The summed E-state index contributed by atoms with van der Waals surface area (Å²) in [7, 11) is 0. The van der Waals surface area contributed by atoms with E-state index in [2.05, 4.69) is 112 Å². The molecule has 5 nitrogen and oxygen atoms in total. The second-order valence-corrected chi connectivity index (χ2v) is 9.09. The van der Waals surface area contributed by atoms with E-state index in [1.54, 1.807) is 12.1 Å². The average Bonchev–Trinajstić information content (AvgIpc) is 2.97. The molecule has 0 saturated carbocycles. The second kappa shape index (κ2) is 8.12. The van der Waals surface area contributed by atoms with Crippen LogP contribution in [-0.4, -0.2) is 11.7 Å². The van der Waals surface area contributed by atoms with E-state index in [-0.39, 0.29) is 18.1 Å². The van der Waals surface area contributed by atoms with Crippen LogP contribution in [0.4, 0.5) is 34.1 Å². The lowest BCUT2D eigenvalue weighted by Gasteiger charge is -2.44. The first-order valence-corrected chi connectivity index (χ1v) is 12.1. The molecule has 0 fully saturated rings. The molecule has 0 saturated heterocycles. The molecule has 2 aliphatic heterocycles. The zero-order chi connectivity index (χ0) is 24.9. The number of benzene rings is 4. The number of hydrogen-bond acceptors (Lipinski definition) is 5. The Morgan fingerprint density at radius 2 is 1.03 bits per heavy atom. The quantitative estimate of drug-likeness (QED) is 0.336. The molecule has 0 spiro atoms. The zero-order valence-electron chi connectivity index (χ0n) is 19.7. The van der Waals surface area contributed by atoms with Gasteiger partial charge >= 0.3 is 0 Å². The lowest BCUT2D eigenvalue weighted by Crippen LogP contribution is -2.61. The second-order valence-electron chi connectivity index (χ2n) is 9.09. The molecule has 0 N–H and O–H groups in total. The van der Waals surface area contributed by atoms with Crippen molar-refractivity contribution >= 4 is 57.2 Å². The highest BCUT2D eigenvalue weighted by atomic mass is 15.2. The van der Waals surface area contributed by atoms with Gasteiger partial charge in [-0.3, -0.25) is 0 Å². The summed E-state index contributed by atoms with van der Waals surface area (Å²) in [5.74, 6) is 0. The van der Waals surface area contributed by atoms with Gasteiger partial charge in [-0.15, -0.1) is 0 Å². The number of fused-ring (bicyclic) bond motifs is 4. The number of nitrogens with zero attached hydrogens (tertiary/aromatic N) is 5. The fourth-order valence-corrected chi connectivity index (χ4v) is 5.73. The van der Waals surface area contributed by atoms with Gasteiger partial charge in [-0.2, -0.15) is 10.5 Å². The van der Waals surface area contributed by atoms with Gasteiger partial charge in [0, 0.05) is 28.4 Å². The fraction of sp³-hybridized carbons (Fsp3) is 0. The molecule has 3 heterocycles. The van der Waals surface area contributed by atoms with Crippen LogP contribution in [0.15, 0.2) is 109 Å². The van der Waals surface area contributed by atoms with Crippen LogP contribution >= 0.6 is 0 Å². The van der Waals surface area contributed by atoms with E-state index < -0.39 is 0 Å². The Hall–Kier alpha value is -5.33. The first-order chi connectivity index (χ1) is 18.3. The third-order valence-corrected chi connectivity index (χ3v) is 7.12. The molecule has 0 atom stereocenters. The van der Waals surface area contributed by atoms with Gasteiger partial charge in [0.1, 0.15) is 23.5 Å². The van der Waals surface area contributed by atoms with Crippen LogP contribution in [0, 0.1) is 22.7 Å². The Bertz CT molecular complexity index is 1750. The van der Waals surface area contributed by atoms with Crippen molar-refractivity contribution in [1.29, 1.82) is 10.5 Å². The third kappa shape index (κ3) is 3.07. The minimum absolute atomic E-state index is 0.0440. The highest BCUT2D eigenvalue weighted by Crippen LogP contribution is 2.43. The van der Waals surface area contributed by atoms with E-state index in [1.807, 2.05) is 12.1 Å². The summed E-state index contributed by atoms with van der Waals surface area (Å²) in [6.07, 6.45) is 0. The van der Waals surface area contributed by atoms with Crippen LogP contribution in [0.25, 0.3) is 0 Å². The van der Waals surface area contributed by atoms with Gasteiger partial charge < -0.3 is 9.80 Å². The van der Waals surface area contributed by atoms with Crippen LogP contribution in [0.1, 0.15) is 11.4 Å². The minimum Gasteiger partial charge on any atom is -0.311 e. The van der Waals surface area contributed by atoms with E-state index in [0.29, 0.717) is 0 Å². The summed E-state index contributed by atoms with van der Waals surface area (Å²) in [4.78, 5) is 8.64. The van der Waals surface area contributed by atoms with Crippen LogP contribution in [-0.2, 0) is 0 Å². The molecule has 7 rings (SSSR count). The number of rotatable bonds is 2. The van der Waals surface area contributed by atoms with Gasteiger partial charge in [-0.05, 0) is 64.9 Å². The summed E-state index contributed by atoms with van der Waals surface area (Å²) >= 11 is 0. The molecule has 0 aliphatic carbocycles. The van der Waals surface area contributed by atoms with Crippen molar-refractivity contribution in [2.24, 2.45) is 0 Å². The SMILES string of the molecule is N#Cc1cc(N2c3ccccc3B3c4ccccc4N(c4ccccc4)c4cccc2c43)cc(C#N)n1. The average molecular weight is 471 g/mol. The number of anilines is 6. The summed E-state index contributed by atoms with van der Waals surface area (Å²) in [6.45, 7) is 0.0440. The Kier molecular flexibility index (Phi) is 4.61. The highest BCUT2D eigenvalue weighted by Gasteiger charge is 2.42. The first kappa shape index (κ1) is 21.0. The summed E-state index contributed by atoms with van der Waals surface area (Å²) < 4.78 is 0. The van der Waals surface area contributed by atoms with Gasteiger partial charge in [0.05, 0.1) is 5.69 Å².